The topological polar surface area (TPSA) is 60.9 Å². The van der Waals surface area contributed by atoms with Gasteiger partial charge in [0.2, 0.25) is 11.8 Å². The summed E-state index contributed by atoms with van der Waals surface area (Å²) in [5, 5.41) is 2.41. The number of rotatable bonds is 5. The van der Waals surface area contributed by atoms with Gasteiger partial charge in [0.1, 0.15) is 19.8 Å². The third kappa shape index (κ3) is 4.31. The fourth-order valence-electron chi connectivity index (χ4n) is 2.84. The molecule has 0 saturated carbocycles. The second-order valence-corrected chi connectivity index (χ2v) is 7.92. The van der Waals surface area contributed by atoms with E-state index in [1.165, 1.54) is 26.0 Å². The van der Waals surface area contributed by atoms with Crippen LogP contribution in [0.25, 0.3) is 0 Å². The fraction of sp³-hybridized carbons (Fsp3) is 0.316. The maximum Gasteiger partial charge on any atom is 0.264 e. The number of amides is 3. The van der Waals surface area contributed by atoms with Gasteiger partial charge in [0.25, 0.3) is 5.91 Å². The summed E-state index contributed by atoms with van der Waals surface area (Å²) in [6, 6.07) is 10.3. The second kappa shape index (κ2) is 8.10. The van der Waals surface area contributed by atoms with Gasteiger partial charge in [0, 0.05) is 16.8 Å². The van der Waals surface area contributed by atoms with E-state index in [9.17, 15) is 14.4 Å². The molecule has 0 unspecified atom stereocenters. The molecule has 1 aromatic heterocycles. The van der Waals surface area contributed by atoms with E-state index >= 15 is 0 Å². The molecule has 142 valence electrons. The van der Waals surface area contributed by atoms with Crippen LogP contribution in [0.4, 0.5) is 5.69 Å². The Morgan fingerprint density at radius 3 is 2.52 bits per heavy atom. The molecule has 0 radical (unpaired) electrons. The van der Waals surface area contributed by atoms with Gasteiger partial charge in [-0.15, -0.1) is 11.3 Å². The first-order valence-corrected chi connectivity index (χ1v) is 9.80. The second-order valence-electron chi connectivity index (χ2n) is 6.54. The van der Waals surface area contributed by atoms with Crippen molar-refractivity contribution in [2.75, 3.05) is 24.7 Å². The Kier molecular flexibility index (Phi) is 5.82. The average molecular weight is 406 g/mol. The Labute approximate surface area is 166 Å². The molecular weight excluding hydrogens is 386 g/mol. The summed E-state index contributed by atoms with van der Waals surface area (Å²) in [6.07, 6.45) is 0. The first-order chi connectivity index (χ1) is 12.9. The van der Waals surface area contributed by atoms with Gasteiger partial charge >= 0.3 is 0 Å². The van der Waals surface area contributed by atoms with Crippen LogP contribution in [0.5, 0.6) is 0 Å². The number of thiophene rings is 1. The number of hydrogen-bond donors (Lipinski definition) is 0. The van der Waals surface area contributed by atoms with Crippen LogP contribution in [0.2, 0.25) is 5.02 Å². The van der Waals surface area contributed by atoms with Crippen molar-refractivity contribution in [3.05, 3.63) is 51.7 Å². The van der Waals surface area contributed by atoms with Gasteiger partial charge < -0.3 is 9.80 Å². The molecule has 0 N–H and O–H groups in total. The van der Waals surface area contributed by atoms with Crippen LogP contribution in [-0.4, -0.2) is 53.3 Å². The molecule has 3 amide bonds. The van der Waals surface area contributed by atoms with Crippen LogP contribution in [0.3, 0.4) is 0 Å². The molecule has 0 atom stereocenters. The number of hydrogen-bond acceptors (Lipinski definition) is 4. The molecule has 27 heavy (non-hydrogen) atoms. The van der Waals surface area contributed by atoms with Gasteiger partial charge in [0.15, 0.2) is 0 Å². The minimum Gasteiger partial charge on any atom is -0.326 e. The lowest BCUT2D eigenvalue weighted by atomic mass is 10.2. The number of nitrogens with zero attached hydrogens (tertiary/aromatic N) is 3. The normalized spacial score (nSPS) is 14.1. The zero-order valence-electron chi connectivity index (χ0n) is 15.1. The number of benzene rings is 1. The summed E-state index contributed by atoms with van der Waals surface area (Å²) in [4.78, 5) is 42.9. The third-order valence-electron chi connectivity index (χ3n) is 4.35. The monoisotopic (exact) mass is 405 g/mol. The Balaban J connectivity index is 1.69. The van der Waals surface area contributed by atoms with Crippen molar-refractivity contribution in [2.24, 2.45) is 0 Å². The number of carbonyl (C=O) groups is 3. The lowest BCUT2D eigenvalue weighted by Gasteiger charge is -2.27. The highest BCUT2D eigenvalue weighted by Gasteiger charge is 2.33. The molecule has 2 heterocycles. The van der Waals surface area contributed by atoms with E-state index in [0.717, 1.165) is 0 Å². The molecule has 6 nitrogen and oxygen atoms in total. The van der Waals surface area contributed by atoms with E-state index < -0.39 is 0 Å². The van der Waals surface area contributed by atoms with E-state index in [-0.39, 0.29) is 43.5 Å². The van der Waals surface area contributed by atoms with Crippen molar-refractivity contribution < 1.29 is 14.4 Å². The van der Waals surface area contributed by atoms with Crippen LogP contribution in [0.15, 0.2) is 41.8 Å². The van der Waals surface area contributed by atoms with Gasteiger partial charge in [-0.25, -0.2) is 0 Å². The van der Waals surface area contributed by atoms with Gasteiger partial charge in [0.05, 0.1) is 4.88 Å². The summed E-state index contributed by atoms with van der Waals surface area (Å²) in [5.41, 5.74) is 0.690. The number of anilines is 1. The molecule has 1 saturated heterocycles. The van der Waals surface area contributed by atoms with Crippen molar-refractivity contribution in [2.45, 2.75) is 19.9 Å². The van der Waals surface area contributed by atoms with Crippen molar-refractivity contribution >= 4 is 46.3 Å². The minimum absolute atomic E-state index is 0.000583. The maximum atomic E-state index is 12.7. The van der Waals surface area contributed by atoms with Crippen LogP contribution < -0.4 is 4.90 Å². The predicted octanol–water partition coefficient (Wildman–Crippen LogP) is 3.09. The highest BCUT2D eigenvalue weighted by atomic mass is 35.5. The Morgan fingerprint density at radius 1 is 1.22 bits per heavy atom. The highest BCUT2D eigenvalue weighted by molar-refractivity contribution is 7.12. The molecule has 1 aromatic carbocycles. The van der Waals surface area contributed by atoms with Crippen LogP contribution >= 0.6 is 22.9 Å². The van der Waals surface area contributed by atoms with E-state index in [0.29, 0.717) is 15.6 Å². The molecule has 1 aliphatic rings. The summed E-state index contributed by atoms with van der Waals surface area (Å²) >= 11 is 7.23. The molecule has 1 aliphatic heterocycles. The van der Waals surface area contributed by atoms with E-state index in [4.69, 9.17) is 11.6 Å². The van der Waals surface area contributed by atoms with E-state index in [2.05, 4.69) is 0 Å². The summed E-state index contributed by atoms with van der Waals surface area (Å²) in [5.74, 6) is -0.585. The fourth-order valence-corrected chi connectivity index (χ4v) is 3.64. The van der Waals surface area contributed by atoms with Crippen LogP contribution in [0.1, 0.15) is 23.5 Å². The molecule has 3 rings (SSSR count). The van der Waals surface area contributed by atoms with Crippen molar-refractivity contribution in [1.29, 1.82) is 0 Å². The standard InChI is InChI=1S/C19H20ClN3O3S/c1-13(2)22(19(26)16-4-3-9-27-16)11-17(24)21-10-18(25)23(12-21)15-7-5-14(20)6-8-15/h3-9,13H,10-12H2,1-2H3. The molecule has 0 spiro atoms. The quantitative estimate of drug-likeness (QED) is 0.768. The van der Waals surface area contributed by atoms with Gasteiger partial charge in [-0.05, 0) is 49.6 Å². The smallest absolute Gasteiger partial charge is 0.264 e. The van der Waals surface area contributed by atoms with Crippen molar-refractivity contribution in [3.63, 3.8) is 0 Å². The first-order valence-electron chi connectivity index (χ1n) is 8.55. The predicted molar refractivity (Wildman–Crippen MR) is 106 cm³/mol. The lowest BCUT2D eigenvalue weighted by Crippen LogP contribution is -2.45. The molecule has 0 bridgehead atoms. The average Bonchev–Trinajstić information content (AvgIpc) is 3.29. The Bertz CT molecular complexity index is 836. The van der Waals surface area contributed by atoms with Crippen LogP contribution in [-0.2, 0) is 9.59 Å². The van der Waals surface area contributed by atoms with Gasteiger partial charge in [-0.3, -0.25) is 19.3 Å². The Hall–Kier alpha value is -2.38. The van der Waals surface area contributed by atoms with E-state index in [1.54, 1.807) is 36.4 Å². The SMILES string of the molecule is CC(C)N(CC(=O)N1CC(=O)N(c2ccc(Cl)cc2)C1)C(=O)c1cccs1. The maximum absolute atomic E-state index is 12.7. The molecule has 2 aromatic rings. The van der Waals surface area contributed by atoms with E-state index in [1.807, 2.05) is 19.2 Å². The Morgan fingerprint density at radius 2 is 1.93 bits per heavy atom. The largest absolute Gasteiger partial charge is 0.326 e. The van der Waals surface area contributed by atoms with Crippen molar-refractivity contribution in [3.8, 4) is 0 Å². The molecular formula is C19H20ClN3O3S. The van der Waals surface area contributed by atoms with Crippen molar-refractivity contribution in [1.82, 2.24) is 9.80 Å². The minimum atomic E-state index is -0.251. The van der Waals surface area contributed by atoms with Gasteiger partial charge in [-0.1, -0.05) is 17.7 Å². The number of carbonyl (C=O) groups excluding carboxylic acids is 3. The third-order valence-corrected chi connectivity index (χ3v) is 5.46. The number of halogens is 1. The summed E-state index contributed by atoms with van der Waals surface area (Å²) in [7, 11) is 0. The molecule has 1 fully saturated rings. The first kappa shape index (κ1) is 19.4. The zero-order chi connectivity index (χ0) is 19.6. The molecule has 8 heteroatoms. The molecule has 0 aliphatic carbocycles. The highest BCUT2D eigenvalue weighted by Crippen LogP contribution is 2.22. The lowest BCUT2D eigenvalue weighted by molar-refractivity contribution is -0.132. The summed E-state index contributed by atoms with van der Waals surface area (Å²) < 4.78 is 0. The van der Waals surface area contributed by atoms with Crippen LogP contribution in [0, 0.1) is 0 Å². The summed E-state index contributed by atoms with van der Waals surface area (Å²) in [6.45, 7) is 3.84. The zero-order valence-corrected chi connectivity index (χ0v) is 16.7. The van der Waals surface area contributed by atoms with Gasteiger partial charge in [-0.2, -0.15) is 0 Å².